The molecule has 11 nitrogen and oxygen atoms in total. The Morgan fingerprint density at radius 3 is 1.97 bits per heavy atom. The lowest BCUT2D eigenvalue weighted by Crippen LogP contribution is -2.42. The summed E-state index contributed by atoms with van der Waals surface area (Å²) in [5.74, 6) is -8.05. The van der Waals surface area contributed by atoms with Crippen molar-refractivity contribution < 1.29 is 43.8 Å². The summed E-state index contributed by atoms with van der Waals surface area (Å²) in [4.78, 5) is 59.4. The Hall–Kier alpha value is -2.72. The van der Waals surface area contributed by atoms with E-state index in [1.807, 2.05) is 6.92 Å². The van der Waals surface area contributed by atoms with Crippen molar-refractivity contribution in [1.82, 2.24) is 0 Å². The molecule has 0 saturated heterocycles. The van der Waals surface area contributed by atoms with Crippen molar-refractivity contribution in [2.24, 2.45) is 23.7 Å². The molecule has 2 aliphatic carbocycles. The van der Waals surface area contributed by atoms with Crippen LogP contribution in [0.25, 0.3) is 0 Å². The predicted octanol–water partition coefficient (Wildman–Crippen LogP) is 3.02. The first-order chi connectivity index (χ1) is 15.6. The smallest absolute Gasteiger partial charge is 0.313 e. The number of hydrogen-bond donors (Lipinski definition) is 2. The Labute approximate surface area is 192 Å². The monoisotopic (exact) mass is 471 g/mol. The lowest BCUT2D eigenvalue weighted by molar-refractivity contribution is -0.528. The molecule has 0 aromatic carbocycles. The van der Waals surface area contributed by atoms with Crippen molar-refractivity contribution in [2.45, 2.75) is 89.9 Å². The summed E-state index contributed by atoms with van der Waals surface area (Å²) in [5, 5.41) is 30.1. The minimum Gasteiger partial charge on any atom is -0.481 e. The number of carbonyl (C=O) groups excluding carboxylic acids is 2. The molecule has 33 heavy (non-hydrogen) atoms. The quantitative estimate of drug-likeness (QED) is 0.150. The first kappa shape index (κ1) is 26.5. The van der Waals surface area contributed by atoms with Crippen LogP contribution < -0.4 is 0 Å². The number of carboxylic acid groups (broad SMARTS) is 2. The van der Waals surface area contributed by atoms with E-state index in [1.54, 1.807) is 0 Å². The van der Waals surface area contributed by atoms with Gasteiger partial charge in [-0.1, -0.05) is 32.6 Å². The van der Waals surface area contributed by atoms with Crippen LogP contribution in [-0.4, -0.2) is 51.3 Å². The van der Waals surface area contributed by atoms with Gasteiger partial charge in [0.15, 0.2) is 0 Å². The average molecular weight is 472 g/mol. The number of nitro groups is 1. The SMILES string of the molecule is CCCCCC(OC(=O)C1CCCCC1C(=O)O)OC(=O)C1CC([N+](=O)[O-])CCC1C(=O)O. The molecule has 0 aliphatic heterocycles. The maximum atomic E-state index is 12.9. The van der Waals surface area contributed by atoms with Crippen molar-refractivity contribution in [3.05, 3.63) is 10.1 Å². The van der Waals surface area contributed by atoms with Crippen molar-refractivity contribution in [1.29, 1.82) is 0 Å². The summed E-state index contributed by atoms with van der Waals surface area (Å²) in [6.45, 7) is 1.96. The van der Waals surface area contributed by atoms with E-state index in [-0.39, 0.29) is 25.7 Å². The normalized spacial score (nSPS) is 28.3. The number of hydrogen-bond acceptors (Lipinski definition) is 8. The number of aliphatic carboxylic acids is 2. The van der Waals surface area contributed by atoms with Crippen molar-refractivity contribution in [2.75, 3.05) is 0 Å². The van der Waals surface area contributed by atoms with Gasteiger partial charge in [-0.3, -0.25) is 29.3 Å². The second kappa shape index (κ2) is 12.5. The van der Waals surface area contributed by atoms with E-state index in [1.165, 1.54) is 0 Å². The molecule has 2 aliphatic rings. The largest absolute Gasteiger partial charge is 0.481 e. The molecule has 2 saturated carbocycles. The number of rotatable bonds is 11. The fourth-order valence-corrected chi connectivity index (χ4v) is 4.74. The maximum Gasteiger partial charge on any atom is 0.313 e. The molecule has 0 heterocycles. The van der Waals surface area contributed by atoms with E-state index in [9.17, 15) is 39.5 Å². The van der Waals surface area contributed by atoms with Crippen LogP contribution >= 0.6 is 0 Å². The molecule has 0 radical (unpaired) electrons. The Balaban J connectivity index is 2.12. The van der Waals surface area contributed by atoms with E-state index < -0.39 is 64.8 Å². The van der Waals surface area contributed by atoms with Gasteiger partial charge in [0.05, 0.1) is 23.7 Å². The molecule has 6 unspecified atom stereocenters. The molecule has 11 heteroatoms. The van der Waals surface area contributed by atoms with Crippen LogP contribution in [0.3, 0.4) is 0 Å². The average Bonchev–Trinajstić information content (AvgIpc) is 2.78. The van der Waals surface area contributed by atoms with Crippen LogP contribution in [-0.2, 0) is 28.7 Å². The Morgan fingerprint density at radius 1 is 0.879 bits per heavy atom. The van der Waals surface area contributed by atoms with Crippen LogP contribution in [0.15, 0.2) is 0 Å². The van der Waals surface area contributed by atoms with E-state index in [4.69, 9.17) is 9.47 Å². The summed E-state index contributed by atoms with van der Waals surface area (Å²) in [5.41, 5.74) is 0. The van der Waals surface area contributed by atoms with Gasteiger partial charge in [0.1, 0.15) is 0 Å². The summed E-state index contributed by atoms with van der Waals surface area (Å²) in [6.07, 6.45) is 2.97. The highest BCUT2D eigenvalue weighted by Crippen LogP contribution is 2.34. The van der Waals surface area contributed by atoms with Crippen LogP contribution in [0.4, 0.5) is 0 Å². The van der Waals surface area contributed by atoms with Gasteiger partial charge < -0.3 is 19.7 Å². The zero-order valence-corrected chi connectivity index (χ0v) is 18.8. The van der Waals surface area contributed by atoms with Gasteiger partial charge >= 0.3 is 23.9 Å². The highest BCUT2D eigenvalue weighted by Gasteiger charge is 2.45. The fraction of sp³-hybridized carbons (Fsp3) is 0.818. The molecule has 186 valence electrons. The molecule has 0 aromatic rings. The summed E-state index contributed by atoms with van der Waals surface area (Å²) in [7, 11) is 0. The maximum absolute atomic E-state index is 12.9. The minimum absolute atomic E-state index is 0.0244. The standard InChI is InChI=1S/C22H33NO10/c1-2-3-4-9-18(32-21(28)16-8-6-5-7-14(16)19(24)25)33-22(29)17-12-13(23(30)31)10-11-15(17)20(26)27/h13-18H,2-12H2,1H3,(H,24,25)(H,26,27). The zero-order chi connectivity index (χ0) is 24.5. The molecule has 0 bridgehead atoms. The molecule has 0 spiro atoms. The first-order valence-electron chi connectivity index (χ1n) is 11.7. The van der Waals surface area contributed by atoms with Crippen molar-refractivity contribution in [3.8, 4) is 0 Å². The van der Waals surface area contributed by atoms with Crippen LogP contribution in [0, 0.1) is 33.8 Å². The van der Waals surface area contributed by atoms with Gasteiger partial charge in [-0.05, 0) is 25.7 Å². The van der Waals surface area contributed by atoms with Gasteiger partial charge in [0.2, 0.25) is 12.3 Å². The molecule has 6 atom stereocenters. The summed E-state index contributed by atoms with van der Waals surface area (Å²) >= 11 is 0. The van der Waals surface area contributed by atoms with Crippen LogP contribution in [0.5, 0.6) is 0 Å². The molecule has 2 rings (SSSR count). The fourth-order valence-electron chi connectivity index (χ4n) is 4.74. The molecule has 2 fully saturated rings. The van der Waals surface area contributed by atoms with Crippen LogP contribution in [0.1, 0.15) is 77.6 Å². The second-order valence-corrected chi connectivity index (χ2v) is 8.94. The third kappa shape index (κ3) is 7.40. The zero-order valence-electron chi connectivity index (χ0n) is 18.8. The van der Waals surface area contributed by atoms with Gasteiger partial charge in [-0.2, -0.15) is 0 Å². The first-order valence-corrected chi connectivity index (χ1v) is 11.7. The van der Waals surface area contributed by atoms with Gasteiger partial charge in [-0.25, -0.2) is 0 Å². The third-order valence-corrected chi connectivity index (χ3v) is 6.67. The number of esters is 2. The lowest BCUT2D eigenvalue weighted by Gasteiger charge is -2.31. The van der Waals surface area contributed by atoms with Gasteiger partial charge in [-0.15, -0.1) is 0 Å². The Kier molecular flexibility index (Phi) is 10.1. The van der Waals surface area contributed by atoms with Crippen molar-refractivity contribution >= 4 is 23.9 Å². The van der Waals surface area contributed by atoms with E-state index in [2.05, 4.69) is 0 Å². The number of carbonyl (C=O) groups is 4. The Morgan fingerprint density at radius 2 is 1.42 bits per heavy atom. The number of ether oxygens (including phenoxy) is 2. The molecule has 2 N–H and O–H groups in total. The minimum atomic E-state index is -1.29. The highest BCUT2D eigenvalue weighted by atomic mass is 16.7. The molecular formula is C22H33NO10. The number of unbranched alkanes of at least 4 members (excludes halogenated alkanes) is 2. The number of carboxylic acids is 2. The molecule has 0 amide bonds. The topological polar surface area (TPSA) is 170 Å². The highest BCUT2D eigenvalue weighted by molar-refractivity contribution is 5.82. The predicted molar refractivity (Wildman–Crippen MR) is 112 cm³/mol. The van der Waals surface area contributed by atoms with E-state index in [0.29, 0.717) is 32.1 Å². The van der Waals surface area contributed by atoms with E-state index in [0.717, 1.165) is 12.8 Å². The molecular weight excluding hydrogens is 438 g/mol. The summed E-state index contributed by atoms with van der Waals surface area (Å²) < 4.78 is 10.8. The van der Waals surface area contributed by atoms with E-state index >= 15 is 0 Å². The summed E-state index contributed by atoms with van der Waals surface area (Å²) in [6, 6.07) is -1.04. The lowest BCUT2D eigenvalue weighted by atomic mass is 9.77. The van der Waals surface area contributed by atoms with Gasteiger partial charge in [0, 0.05) is 24.2 Å². The molecule has 0 aromatic heterocycles. The number of nitrogens with zero attached hydrogens (tertiary/aromatic N) is 1. The third-order valence-electron chi connectivity index (χ3n) is 6.67. The van der Waals surface area contributed by atoms with Crippen molar-refractivity contribution in [3.63, 3.8) is 0 Å². The second-order valence-electron chi connectivity index (χ2n) is 8.94. The van der Waals surface area contributed by atoms with Crippen LogP contribution in [0.2, 0.25) is 0 Å². The van der Waals surface area contributed by atoms with Gasteiger partial charge in [0.25, 0.3) is 0 Å². The Bertz CT molecular complexity index is 739.